The molecule has 0 saturated heterocycles. The van der Waals surface area contributed by atoms with Crippen LogP contribution in [0.2, 0.25) is 10.0 Å². The van der Waals surface area contributed by atoms with Gasteiger partial charge in [0, 0.05) is 28.7 Å². The molecule has 0 heterocycles. The molecular weight excluding hydrogens is 581 g/mol. The van der Waals surface area contributed by atoms with Gasteiger partial charge in [-0.3, -0.25) is 13.9 Å². The van der Waals surface area contributed by atoms with Crippen LogP contribution in [0, 0.1) is 13.8 Å². The second-order valence-electron chi connectivity index (χ2n) is 9.95. The van der Waals surface area contributed by atoms with E-state index in [9.17, 15) is 18.0 Å². The van der Waals surface area contributed by atoms with Crippen molar-refractivity contribution in [1.82, 2.24) is 10.2 Å². The summed E-state index contributed by atoms with van der Waals surface area (Å²) in [6.07, 6.45) is 2.00. The molecular formula is C31H37Cl2N3O4S. The number of rotatable bonds is 13. The molecule has 0 aliphatic heterocycles. The summed E-state index contributed by atoms with van der Waals surface area (Å²) < 4.78 is 29.0. The van der Waals surface area contributed by atoms with Crippen molar-refractivity contribution in [3.05, 3.63) is 93.5 Å². The van der Waals surface area contributed by atoms with Gasteiger partial charge in [0.2, 0.25) is 11.8 Å². The Labute approximate surface area is 253 Å². The minimum Gasteiger partial charge on any atom is -0.354 e. The zero-order valence-corrected chi connectivity index (χ0v) is 26.2. The van der Waals surface area contributed by atoms with Gasteiger partial charge >= 0.3 is 0 Å². The number of halogens is 2. The number of amides is 2. The Bertz CT molecular complexity index is 1440. The predicted octanol–water partition coefficient (Wildman–Crippen LogP) is 6.53. The summed E-state index contributed by atoms with van der Waals surface area (Å²) >= 11 is 12.9. The first-order valence-electron chi connectivity index (χ1n) is 13.7. The van der Waals surface area contributed by atoms with Gasteiger partial charge in [-0.2, -0.15) is 0 Å². The lowest BCUT2D eigenvalue weighted by atomic mass is 10.1. The third-order valence-corrected chi connectivity index (χ3v) is 9.28. The van der Waals surface area contributed by atoms with Crippen LogP contribution in [0.15, 0.2) is 71.6 Å². The van der Waals surface area contributed by atoms with Crippen LogP contribution in [0.1, 0.15) is 49.8 Å². The number of unbranched alkanes of at least 4 members (excludes halogenated alkanes) is 1. The van der Waals surface area contributed by atoms with E-state index in [4.69, 9.17) is 23.2 Å². The molecule has 0 spiro atoms. The maximum atomic E-state index is 14.2. The van der Waals surface area contributed by atoms with Gasteiger partial charge in [-0.15, -0.1) is 0 Å². The van der Waals surface area contributed by atoms with E-state index in [2.05, 4.69) is 5.32 Å². The molecule has 0 fully saturated rings. The van der Waals surface area contributed by atoms with Gasteiger partial charge in [0.15, 0.2) is 0 Å². The first kappa shape index (κ1) is 32.4. The van der Waals surface area contributed by atoms with Gasteiger partial charge in [-0.25, -0.2) is 8.42 Å². The number of nitrogens with zero attached hydrogens (tertiary/aromatic N) is 2. The Balaban J connectivity index is 2.08. The van der Waals surface area contributed by atoms with Crippen LogP contribution < -0.4 is 9.62 Å². The van der Waals surface area contributed by atoms with E-state index in [0.29, 0.717) is 34.3 Å². The molecule has 41 heavy (non-hydrogen) atoms. The van der Waals surface area contributed by atoms with Crippen molar-refractivity contribution >= 4 is 50.7 Å². The van der Waals surface area contributed by atoms with Crippen molar-refractivity contribution in [2.75, 3.05) is 17.4 Å². The summed E-state index contributed by atoms with van der Waals surface area (Å²) in [5.41, 5.74) is 2.56. The van der Waals surface area contributed by atoms with Crippen molar-refractivity contribution in [3.8, 4) is 0 Å². The summed E-state index contributed by atoms with van der Waals surface area (Å²) in [6, 6.07) is 17.6. The van der Waals surface area contributed by atoms with Crippen LogP contribution in [-0.4, -0.2) is 44.3 Å². The van der Waals surface area contributed by atoms with E-state index in [0.717, 1.165) is 28.3 Å². The van der Waals surface area contributed by atoms with Crippen LogP contribution in [0.5, 0.6) is 0 Å². The van der Waals surface area contributed by atoms with Gasteiger partial charge in [-0.05, 0) is 68.7 Å². The van der Waals surface area contributed by atoms with Gasteiger partial charge in [0.1, 0.15) is 12.6 Å². The van der Waals surface area contributed by atoms with E-state index in [-0.39, 0.29) is 17.3 Å². The number of hydrogen-bond acceptors (Lipinski definition) is 4. The number of carbonyl (C=O) groups excluding carboxylic acids is 2. The zero-order chi connectivity index (χ0) is 30.2. The summed E-state index contributed by atoms with van der Waals surface area (Å²) in [6.45, 7) is 7.42. The Kier molecular flexibility index (Phi) is 11.6. The van der Waals surface area contributed by atoms with E-state index >= 15 is 0 Å². The molecule has 3 rings (SSSR count). The van der Waals surface area contributed by atoms with E-state index in [1.165, 1.54) is 17.0 Å². The monoisotopic (exact) mass is 617 g/mol. The normalized spacial score (nSPS) is 12.0. The summed E-state index contributed by atoms with van der Waals surface area (Å²) in [4.78, 5) is 28.9. The average Bonchev–Trinajstić information content (AvgIpc) is 2.93. The van der Waals surface area contributed by atoms with Crippen LogP contribution in [0.3, 0.4) is 0 Å². The first-order valence-corrected chi connectivity index (χ1v) is 15.8. The number of carbonyl (C=O) groups is 2. The van der Waals surface area contributed by atoms with Crippen LogP contribution in [0.25, 0.3) is 0 Å². The predicted molar refractivity (Wildman–Crippen MR) is 166 cm³/mol. The topological polar surface area (TPSA) is 86.8 Å². The number of benzene rings is 3. The smallest absolute Gasteiger partial charge is 0.264 e. The molecule has 3 aromatic carbocycles. The number of anilines is 1. The molecule has 1 N–H and O–H groups in total. The van der Waals surface area contributed by atoms with Crippen molar-refractivity contribution in [2.45, 2.75) is 64.4 Å². The Morgan fingerprint density at radius 3 is 2.12 bits per heavy atom. The highest BCUT2D eigenvalue weighted by Crippen LogP contribution is 2.29. The third-order valence-electron chi connectivity index (χ3n) is 6.78. The molecule has 0 aromatic heterocycles. The van der Waals surface area contributed by atoms with Crippen molar-refractivity contribution in [1.29, 1.82) is 0 Å². The standard InChI is InChI=1S/C31H37Cl2N3O4S/c1-5-7-18-34-31(38)29(6-2)35(20-26-27(32)12-9-13-28(26)33)30(37)21-36(24-11-8-10-23(4)19-24)41(39,40)25-16-14-22(3)15-17-25/h8-17,19,29H,5-7,18,20-21H2,1-4H3,(H,34,38). The largest absolute Gasteiger partial charge is 0.354 e. The van der Waals surface area contributed by atoms with Crippen LogP contribution in [-0.2, 0) is 26.2 Å². The maximum absolute atomic E-state index is 14.2. The van der Waals surface area contributed by atoms with Crippen molar-refractivity contribution in [2.24, 2.45) is 0 Å². The number of sulfonamides is 1. The summed E-state index contributed by atoms with van der Waals surface area (Å²) in [7, 11) is -4.14. The zero-order valence-electron chi connectivity index (χ0n) is 23.9. The first-order chi connectivity index (χ1) is 19.5. The molecule has 7 nitrogen and oxygen atoms in total. The second kappa shape index (κ2) is 14.7. The number of aryl methyl sites for hydroxylation is 2. The van der Waals surface area contributed by atoms with E-state index < -0.39 is 28.5 Å². The average molecular weight is 619 g/mol. The molecule has 1 atom stereocenters. The lowest BCUT2D eigenvalue weighted by Crippen LogP contribution is -2.52. The highest BCUT2D eigenvalue weighted by atomic mass is 35.5. The number of hydrogen-bond donors (Lipinski definition) is 1. The van der Waals surface area contributed by atoms with Gasteiger partial charge in [-0.1, -0.05) is 79.4 Å². The molecule has 0 aliphatic rings. The molecule has 0 saturated carbocycles. The SMILES string of the molecule is CCCCNC(=O)C(CC)N(Cc1c(Cl)cccc1Cl)C(=O)CN(c1cccc(C)c1)S(=O)(=O)c1ccc(C)cc1. The van der Waals surface area contributed by atoms with Crippen LogP contribution in [0.4, 0.5) is 5.69 Å². The summed E-state index contributed by atoms with van der Waals surface area (Å²) in [5.74, 6) is -0.878. The Morgan fingerprint density at radius 2 is 1.54 bits per heavy atom. The molecule has 0 radical (unpaired) electrons. The molecule has 220 valence electrons. The lowest BCUT2D eigenvalue weighted by Gasteiger charge is -2.33. The molecule has 2 amide bonds. The van der Waals surface area contributed by atoms with Gasteiger partial charge in [0.05, 0.1) is 10.6 Å². The van der Waals surface area contributed by atoms with Crippen molar-refractivity contribution in [3.63, 3.8) is 0 Å². The minimum absolute atomic E-state index is 0.0578. The van der Waals surface area contributed by atoms with Crippen LogP contribution >= 0.6 is 23.2 Å². The van der Waals surface area contributed by atoms with Gasteiger partial charge < -0.3 is 10.2 Å². The fourth-order valence-electron chi connectivity index (χ4n) is 4.43. The Morgan fingerprint density at radius 1 is 0.902 bits per heavy atom. The van der Waals surface area contributed by atoms with E-state index in [1.54, 1.807) is 55.5 Å². The fraction of sp³-hybridized carbons (Fsp3) is 0.355. The molecule has 0 bridgehead atoms. The molecule has 3 aromatic rings. The molecule has 1 unspecified atom stereocenters. The second-order valence-corrected chi connectivity index (χ2v) is 12.6. The quantitative estimate of drug-likeness (QED) is 0.221. The highest BCUT2D eigenvalue weighted by molar-refractivity contribution is 7.92. The van der Waals surface area contributed by atoms with Crippen molar-refractivity contribution < 1.29 is 18.0 Å². The fourth-order valence-corrected chi connectivity index (χ4v) is 6.35. The maximum Gasteiger partial charge on any atom is 0.264 e. The van der Waals surface area contributed by atoms with E-state index in [1.807, 2.05) is 26.8 Å². The highest BCUT2D eigenvalue weighted by Gasteiger charge is 2.34. The summed E-state index contributed by atoms with van der Waals surface area (Å²) in [5, 5.41) is 3.60. The molecule has 10 heteroatoms. The number of nitrogens with one attached hydrogen (secondary N) is 1. The minimum atomic E-state index is -4.14. The lowest BCUT2D eigenvalue weighted by molar-refractivity contribution is -0.140. The Hall–Kier alpha value is -3.07. The third kappa shape index (κ3) is 8.24. The molecule has 0 aliphatic carbocycles. The van der Waals surface area contributed by atoms with Gasteiger partial charge in [0.25, 0.3) is 10.0 Å².